The minimum Gasteiger partial charge on any atom is -0.355 e. The third kappa shape index (κ3) is 4.32. The van der Waals surface area contributed by atoms with Crippen LogP contribution in [-0.2, 0) is 10.2 Å². The van der Waals surface area contributed by atoms with Crippen molar-refractivity contribution in [3.8, 4) is 0 Å². The van der Waals surface area contributed by atoms with Gasteiger partial charge in [0, 0.05) is 22.9 Å². The van der Waals surface area contributed by atoms with Crippen molar-refractivity contribution in [2.45, 2.75) is 32.1 Å². The molecule has 1 aliphatic rings. The molecule has 1 aliphatic heterocycles. The summed E-state index contributed by atoms with van der Waals surface area (Å²) in [6, 6.07) is 8.31. The molecule has 2 rings (SSSR count). The highest BCUT2D eigenvalue weighted by molar-refractivity contribution is 9.10. The Kier molecular flexibility index (Phi) is 5.22. The van der Waals surface area contributed by atoms with Gasteiger partial charge in [-0.1, -0.05) is 41.9 Å². The van der Waals surface area contributed by atoms with E-state index in [2.05, 4.69) is 52.5 Å². The summed E-state index contributed by atoms with van der Waals surface area (Å²) in [4.78, 5) is 12.0. The van der Waals surface area contributed by atoms with E-state index in [0.717, 1.165) is 24.0 Å². The van der Waals surface area contributed by atoms with Crippen LogP contribution < -0.4 is 10.6 Å². The van der Waals surface area contributed by atoms with Crippen LogP contribution in [0.2, 0.25) is 0 Å². The van der Waals surface area contributed by atoms with Crippen LogP contribution in [0.1, 0.15) is 32.3 Å². The quantitative estimate of drug-likeness (QED) is 0.866. The fourth-order valence-corrected chi connectivity index (χ4v) is 2.81. The smallest absolute Gasteiger partial charge is 0.220 e. The SMILES string of the molecule is CC(C)(CNC(=O)CC1CCNC1)c1ccc(Br)cc1. The lowest BCUT2D eigenvalue weighted by Crippen LogP contribution is -2.37. The zero-order valence-corrected chi connectivity index (χ0v) is 13.8. The van der Waals surface area contributed by atoms with Gasteiger partial charge < -0.3 is 10.6 Å². The molecule has 0 radical (unpaired) electrons. The Morgan fingerprint density at radius 3 is 2.70 bits per heavy atom. The molecule has 1 fully saturated rings. The molecule has 1 aromatic carbocycles. The summed E-state index contributed by atoms with van der Waals surface area (Å²) in [6.07, 6.45) is 1.76. The number of hydrogen-bond acceptors (Lipinski definition) is 2. The van der Waals surface area contributed by atoms with E-state index in [0.29, 0.717) is 18.9 Å². The predicted molar refractivity (Wildman–Crippen MR) is 85.8 cm³/mol. The van der Waals surface area contributed by atoms with Crippen molar-refractivity contribution in [2.75, 3.05) is 19.6 Å². The summed E-state index contributed by atoms with van der Waals surface area (Å²) in [6.45, 7) is 7.01. The first-order valence-electron chi connectivity index (χ1n) is 7.21. The van der Waals surface area contributed by atoms with E-state index in [1.54, 1.807) is 0 Å². The molecule has 0 aromatic heterocycles. The average molecular weight is 339 g/mol. The second-order valence-electron chi connectivity index (χ2n) is 6.23. The van der Waals surface area contributed by atoms with Crippen LogP contribution in [0, 0.1) is 5.92 Å². The lowest BCUT2D eigenvalue weighted by atomic mass is 9.84. The monoisotopic (exact) mass is 338 g/mol. The van der Waals surface area contributed by atoms with Crippen LogP contribution in [0.4, 0.5) is 0 Å². The maximum absolute atomic E-state index is 12.0. The zero-order chi connectivity index (χ0) is 14.6. The lowest BCUT2D eigenvalue weighted by Gasteiger charge is -2.26. The van der Waals surface area contributed by atoms with Gasteiger partial charge in [0.2, 0.25) is 5.91 Å². The standard InChI is InChI=1S/C16H23BrN2O/c1-16(2,13-3-5-14(17)6-4-13)11-19-15(20)9-12-7-8-18-10-12/h3-6,12,18H,7-11H2,1-2H3,(H,19,20). The topological polar surface area (TPSA) is 41.1 Å². The highest BCUT2D eigenvalue weighted by Gasteiger charge is 2.23. The molecule has 1 unspecified atom stereocenters. The molecule has 1 heterocycles. The number of nitrogens with one attached hydrogen (secondary N) is 2. The predicted octanol–water partition coefficient (Wildman–Crippen LogP) is 2.84. The Bertz CT molecular complexity index is 450. The molecule has 0 bridgehead atoms. The molecule has 1 saturated heterocycles. The maximum Gasteiger partial charge on any atom is 0.220 e. The summed E-state index contributed by atoms with van der Waals surface area (Å²) in [5, 5.41) is 6.38. The van der Waals surface area contributed by atoms with Crippen molar-refractivity contribution in [3.05, 3.63) is 34.3 Å². The van der Waals surface area contributed by atoms with Crippen molar-refractivity contribution in [3.63, 3.8) is 0 Å². The fraction of sp³-hybridized carbons (Fsp3) is 0.562. The molecule has 4 heteroatoms. The fourth-order valence-electron chi connectivity index (χ4n) is 2.55. The van der Waals surface area contributed by atoms with Crippen LogP contribution in [0.3, 0.4) is 0 Å². The van der Waals surface area contributed by atoms with E-state index in [9.17, 15) is 4.79 Å². The van der Waals surface area contributed by atoms with Crippen LogP contribution in [0.5, 0.6) is 0 Å². The van der Waals surface area contributed by atoms with E-state index in [1.807, 2.05) is 12.1 Å². The van der Waals surface area contributed by atoms with Gasteiger partial charge in [0.15, 0.2) is 0 Å². The van der Waals surface area contributed by atoms with E-state index < -0.39 is 0 Å². The lowest BCUT2D eigenvalue weighted by molar-refractivity contribution is -0.122. The first-order valence-corrected chi connectivity index (χ1v) is 8.00. The Morgan fingerprint density at radius 1 is 1.40 bits per heavy atom. The Labute approximate surface area is 129 Å². The van der Waals surface area contributed by atoms with Crippen molar-refractivity contribution in [1.29, 1.82) is 0 Å². The molecule has 1 atom stereocenters. The van der Waals surface area contributed by atoms with Gasteiger partial charge in [-0.2, -0.15) is 0 Å². The molecule has 3 nitrogen and oxygen atoms in total. The number of carbonyl (C=O) groups excluding carboxylic acids is 1. The molecule has 0 saturated carbocycles. The number of carbonyl (C=O) groups is 1. The Hall–Kier alpha value is -0.870. The maximum atomic E-state index is 12.0. The normalized spacial score (nSPS) is 19.1. The first-order chi connectivity index (χ1) is 9.47. The van der Waals surface area contributed by atoms with E-state index in [4.69, 9.17) is 0 Å². The summed E-state index contributed by atoms with van der Waals surface area (Å²) in [7, 11) is 0. The molecular weight excluding hydrogens is 316 g/mol. The van der Waals surface area contributed by atoms with Gasteiger partial charge in [0.25, 0.3) is 0 Å². The van der Waals surface area contributed by atoms with E-state index in [1.165, 1.54) is 5.56 Å². The molecule has 1 amide bonds. The summed E-state index contributed by atoms with van der Waals surface area (Å²) >= 11 is 3.45. The van der Waals surface area contributed by atoms with Gasteiger partial charge in [-0.25, -0.2) is 0 Å². The second-order valence-corrected chi connectivity index (χ2v) is 7.15. The molecule has 2 N–H and O–H groups in total. The second kappa shape index (κ2) is 6.72. The highest BCUT2D eigenvalue weighted by atomic mass is 79.9. The van der Waals surface area contributed by atoms with E-state index >= 15 is 0 Å². The van der Waals surface area contributed by atoms with Gasteiger partial charge in [-0.05, 0) is 43.1 Å². The van der Waals surface area contributed by atoms with Gasteiger partial charge in [-0.3, -0.25) is 4.79 Å². The highest BCUT2D eigenvalue weighted by Crippen LogP contribution is 2.24. The number of amides is 1. The third-order valence-electron chi connectivity index (χ3n) is 3.99. The van der Waals surface area contributed by atoms with Gasteiger partial charge in [-0.15, -0.1) is 0 Å². The zero-order valence-electron chi connectivity index (χ0n) is 12.2. The van der Waals surface area contributed by atoms with Gasteiger partial charge in [0.1, 0.15) is 0 Å². The van der Waals surface area contributed by atoms with Crippen LogP contribution >= 0.6 is 15.9 Å². The number of halogens is 1. The largest absolute Gasteiger partial charge is 0.355 e. The van der Waals surface area contributed by atoms with Crippen molar-refractivity contribution in [2.24, 2.45) is 5.92 Å². The van der Waals surface area contributed by atoms with Crippen LogP contribution in [-0.4, -0.2) is 25.5 Å². The molecular formula is C16H23BrN2O. The number of rotatable bonds is 5. The Morgan fingerprint density at radius 2 is 2.10 bits per heavy atom. The molecule has 1 aromatic rings. The minimum absolute atomic E-state index is 0.0513. The number of hydrogen-bond donors (Lipinski definition) is 2. The van der Waals surface area contributed by atoms with Crippen LogP contribution in [0.15, 0.2) is 28.7 Å². The average Bonchev–Trinajstić information content (AvgIpc) is 2.90. The summed E-state index contributed by atoms with van der Waals surface area (Å²) in [5.41, 5.74) is 1.19. The summed E-state index contributed by atoms with van der Waals surface area (Å²) in [5.74, 6) is 0.676. The molecule has 110 valence electrons. The van der Waals surface area contributed by atoms with Gasteiger partial charge >= 0.3 is 0 Å². The summed E-state index contributed by atoms with van der Waals surface area (Å²) < 4.78 is 1.08. The molecule has 0 aliphatic carbocycles. The van der Waals surface area contributed by atoms with Crippen molar-refractivity contribution >= 4 is 21.8 Å². The van der Waals surface area contributed by atoms with Crippen molar-refractivity contribution in [1.82, 2.24) is 10.6 Å². The number of benzene rings is 1. The molecule has 0 spiro atoms. The van der Waals surface area contributed by atoms with Gasteiger partial charge in [0.05, 0.1) is 0 Å². The van der Waals surface area contributed by atoms with E-state index in [-0.39, 0.29) is 11.3 Å². The van der Waals surface area contributed by atoms with Crippen molar-refractivity contribution < 1.29 is 4.79 Å². The first kappa shape index (κ1) is 15.5. The Balaban J connectivity index is 1.84. The minimum atomic E-state index is -0.0513. The molecule has 20 heavy (non-hydrogen) atoms. The third-order valence-corrected chi connectivity index (χ3v) is 4.52. The van der Waals surface area contributed by atoms with Crippen LogP contribution in [0.25, 0.3) is 0 Å².